The number of carbonyl (C=O) groups is 2. The molecule has 0 unspecified atom stereocenters. The largest absolute Gasteiger partial charge is 0.299 e. The summed E-state index contributed by atoms with van der Waals surface area (Å²) >= 11 is 1.57. The summed E-state index contributed by atoms with van der Waals surface area (Å²) in [5.41, 5.74) is 3.27. The van der Waals surface area contributed by atoms with Gasteiger partial charge in [-0.15, -0.1) is 11.3 Å². The monoisotopic (exact) mass is 300 g/mol. The first kappa shape index (κ1) is 13.9. The minimum absolute atomic E-state index is 0.363. The van der Waals surface area contributed by atoms with Crippen molar-refractivity contribution in [3.63, 3.8) is 0 Å². The van der Waals surface area contributed by atoms with E-state index < -0.39 is 11.7 Å². The predicted molar refractivity (Wildman–Crippen MR) is 82.9 cm³/mol. The fourth-order valence-electron chi connectivity index (χ4n) is 2.47. The Morgan fingerprint density at radius 2 is 2.00 bits per heavy atom. The summed E-state index contributed by atoms with van der Waals surface area (Å²) in [6.45, 7) is 6.35. The van der Waals surface area contributed by atoms with Crippen LogP contribution >= 0.6 is 11.3 Å². The van der Waals surface area contributed by atoms with Crippen molar-refractivity contribution in [3.05, 3.63) is 44.9 Å². The number of amides is 1. The Bertz CT molecular complexity index is 729. The van der Waals surface area contributed by atoms with Gasteiger partial charge in [0.1, 0.15) is 5.01 Å². The van der Waals surface area contributed by atoms with Crippen molar-refractivity contribution in [1.29, 1.82) is 0 Å². The van der Waals surface area contributed by atoms with Crippen LogP contribution in [0.25, 0.3) is 0 Å². The molecule has 0 fully saturated rings. The minimum Gasteiger partial charge on any atom is -0.298 e. The zero-order chi connectivity index (χ0) is 15.1. The molecule has 0 N–H and O–H groups in total. The van der Waals surface area contributed by atoms with Crippen LogP contribution in [-0.2, 0) is 17.8 Å². The second kappa shape index (κ2) is 5.07. The molecule has 5 heteroatoms. The van der Waals surface area contributed by atoms with Crippen LogP contribution in [0.5, 0.6) is 0 Å². The first-order valence-corrected chi connectivity index (χ1v) is 7.75. The number of ketones is 1. The summed E-state index contributed by atoms with van der Waals surface area (Å²) in [5.74, 6) is -0.867. The number of thiazole rings is 1. The molecule has 1 aromatic heterocycles. The van der Waals surface area contributed by atoms with Gasteiger partial charge >= 0.3 is 0 Å². The van der Waals surface area contributed by atoms with E-state index in [-0.39, 0.29) is 0 Å². The number of Topliss-reactive ketones (excluding diaryl/α,β-unsaturated/α-hetero) is 1. The van der Waals surface area contributed by atoms with E-state index in [0.29, 0.717) is 17.8 Å². The summed E-state index contributed by atoms with van der Waals surface area (Å²) in [5, 5.41) is 0.860. The molecule has 0 aliphatic carbocycles. The van der Waals surface area contributed by atoms with E-state index in [2.05, 4.69) is 4.98 Å². The van der Waals surface area contributed by atoms with Gasteiger partial charge in [0.2, 0.25) is 0 Å². The van der Waals surface area contributed by atoms with Crippen molar-refractivity contribution < 1.29 is 9.59 Å². The van der Waals surface area contributed by atoms with Gasteiger partial charge in [-0.05, 0) is 38.0 Å². The Labute approximate surface area is 127 Å². The normalized spacial score (nSPS) is 14.0. The van der Waals surface area contributed by atoms with Crippen molar-refractivity contribution in [2.24, 2.45) is 0 Å². The van der Waals surface area contributed by atoms with E-state index in [4.69, 9.17) is 0 Å². The molecular weight excluding hydrogens is 284 g/mol. The van der Waals surface area contributed by atoms with E-state index in [0.717, 1.165) is 27.6 Å². The van der Waals surface area contributed by atoms with Gasteiger partial charge in [-0.3, -0.25) is 14.5 Å². The maximum absolute atomic E-state index is 12.2. The third-order valence-corrected chi connectivity index (χ3v) is 4.87. The zero-order valence-corrected chi connectivity index (χ0v) is 13.1. The van der Waals surface area contributed by atoms with Crippen LogP contribution in [0.15, 0.2) is 18.2 Å². The van der Waals surface area contributed by atoms with E-state index in [1.807, 2.05) is 39.0 Å². The SMILES string of the molecule is CCc1ccc2c(c1)C(=O)C(=O)N2Cc1nc(C)c(C)s1. The average Bonchev–Trinajstić information content (AvgIpc) is 2.91. The van der Waals surface area contributed by atoms with E-state index in [1.165, 1.54) is 4.90 Å². The number of aromatic nitrogens is 1. The number of aryl methyl sites for hydroxylation is 3. The molecule has 0 saturated heterocycles. The second-order valence-corrected chi connectivity index (χ2v) is 6.46. The first-order chi connectivity index (χ1) is 10.0. The van der Waals surface area contributed by atoms with Crippen LogP contribution in [-0.4, -0.2) is 16.7 Å². The van der Waals surface area contributed by atoms with Crippen molar-refractivity contribution in [2.45, 2.75) is 33.7 Å². The maximum atomic E-state index is 12.2. The molecule has 0 atom stereocenters. The van der Waals surface area contributed by atoms with Crippen LogP contribution < -0.4 is 4.90 Å². The fourth-order valence-corrected chi connectivity index (χ4v) is 3.39. The summed E-state index contributed by atoms with van der Waals surface area (Å²) in [4.78, 5) is 31.5. The lowest BCUT2D eigenvalue weighted by Crippen LogP contribution is -2.29. The summed E-state index contributed by atoms with van der Waals surface area (Å²) < 4.78 is 0. The second-order valence-electron chi connectivity index (χ2n) is 5.17. The molecule has 2 heterocycles. The van der Waals surface area contributed by atoms with Crippen molar-refractivity contribution in [1.82, 2.24) is 4.98 Å². The Kier molecular flexibility index (Phi) is 3.37. The van der Waals surface area contributed by atoms with Crippen molar-refractivity contribution in [3.8, 4) is 0 Å². The number of hydrogen-bond donors (Lipinski definition) is 0. The van der Waals surface area contributed by atoms with E-state index in [9.17, 15) is 9.59 Å². The Balaban J connectivity index is 1.97. The molecule has 21 heavy (non-hydrogen) atoms. The van der Waals surface area contributed by atoms with Gasteiger partial charge in [-0.25, -0.2) is 4.98 Å². The minimum atomic E-state index is -0.455. The number of nitrogens with zero attached hydrogens (tertiary/aromatic N) is 2. The van der Waals surface area contributed by atoms with Crippen molar-refractivity contribution in [2.75, 3.05) is 4.90 Å². The Hall–Kier alpha value is -2.01. The summed E-state index contributed by atoms with van der Waals surface area (Å²) in [6, 6.07) is 5.66. The highest BCUT2D eigenvalue weighted by Crippen LogP contribution is 2.32. The van der Waals surface area contributed by atoms with Gasteiger partial charge in [0, 0.05) is 4.88 Å². The van der Waals surface area contributed by atoms with Gasteiger partial charge in [0.25, 0.3) is 11.7 Å². The Morgan fingerprint density at radius 3 is 2.62 bits per heavy atom. The smallest absolute Gasteiger partial charge is 0.298 e. The molecule has 1 aliphatic rings. The molecule has 0 bridgehead atoms. The predicted octanol–water partition coefficient (Wildman–Crippen LogP) is 3.05. The number of anilines is 1. The number of hydrogen-bond acceptors (Lipinski definition) is 4. The zero-order valence-electron chi connectivity index (χ0n) is 12.3. The number of carbonyl (C=O) groups excluding carboxylic acids is 2. The molecule has 3 rings (SSSR count). The fraction of sp³-hybridized carbons (Fsp3) is 0.312. The van der Waals surface area contributed by atoms with Gasteiger partial charge < -0.3 is 0 Å². The van der Waals surface area contributed by atoms with Crippen LogP contribution in [0.2, 0.25) is 0 Å². The molecule has 108 valence electrons. The van der Waals surface area contributed by atoms with Gasteiger partial charge in [0.15, 0.2) is 0 Å². The Morgan fingerprint density at radius 1 is 1.24 bits per heavy atom. The molecule has 1 amide bonds. The van der Waals surface area contributed by atoms with E-state index in [1.54, 1.807) is 11.3 Å². The molecule has 0 radical (unpaired) electrons. The molecule has 0 spiro atoms. The average molecular weight is 300 g/mol. The van der Waals surface area contributed by atoms with Crippen LogP contribution in [0.4, 0.5) is 5.69 Å². The number of benzene rings is 1. The lowest BCUT2D eigenvalue weighted by molar-refractivity contribution is -0.114. The van der Waals surface area contributed by atoms with Crippen LogP contribution in [0.3, 0.4) is 0 Å². The lowest BCUT2D eigenvalue weighted by Gasteiger charge is -2.14. The first-order valence-electron chi connectivity index (χ1n) is 6.93. The molecular formula is C16H16N2O2S. The summed E-state index contributed by atoms with van der Waals surface area (Å²) in [7, 11) is 0. The highest BCUT2D eigenvalue weighted by atomic mass is 32.1. The highest BCUT2D eigenvalue weighted by molar-refractivity contribution is 7.11. The third kappa shape index (κ3) is 2.27. The molecule has 0 saturated carbocycles. The van der Waals surface area contributed by atoms with Gasteiger partial charge in [-0.1, -0.05) is 13.0 Å². The van der Waals surface area contributed by atoms with Crippen molar-refractivity contribution >= 4 is 28.7 Å². The maximum Gasteiger partial charge on any atom is 0.299 e. The van der Waals surface area contributed by atoms with Crippen LogP contribution in [0.1, 0.15) is 38.4 Å². The third-order valence-electron chi connectivity index (χ3n) is 3.81. The molecule has 1 aliphatic heterocycles. The van der Waals surface area contributed by atoms with Crippen LogP contribution in [0, 0.1) is 13.8 Å². The topological polar surface area (TPSA) is 50.3 Å². The number of rotatable bonds is 3. The standard InChI is InChI=1S/C16H16N2O2S/c1-4-11-5-6-13-12(7-11)15(19)16(20)18(13)8-14-17-9(2)10(3)21-14/h5-7H,4,8H2,1-3H3. The summed E-state index contributed by atoms with van der Waals surface area (Å²) in [6.07, 6.45) is 0.847. The molecule has 2 aromatic rings. The number of fused-ring (bicyclic) bond motifs is 1. The van der Waals surface area contributed by atoms with E-state index >= 15 is 0 Å². The lowest BCUT2D eigenvalue weighted by atomic mass is 10.1. The van der Waals surface area contributed by atoms with Gasteiger partial charge in [0.05, 0.1) is 23.5 Å². The molecule has 1 aromatic carbocycles. The molecule has 4 nitrogen and oxygen atoms in total. The quantitative estimate of drug-likeness (QED) is 0.819. The highest BCUT2D eigenvalue weighted by Gasteiger charge is 2.36. The van der Waals surface area contributed by atoms with Gasteiger partial charge in [-0.2, -0.15) is 0 Å².